The number of urea groups is 1. The minimum Gasteiger partial charge on any atom is -0.335 e. The molecule has 1 N–H and O–H groups in total. The smallest absolute Gasteiger partial charge is 0.319 e. The van der Waals surface area contributed by atoms with Gasteiger partial charge >= 0.3 is 6.03 Å². The van der Waals surface area contributed by atoms with Crippen molar-refractivity contribution in [2.24, 2.45) is 17.8 Å². The topological polar surface area (TPSA) is 55.9 Å². The molecule has 28 heavy (non-hydrogen) atoms. The van der Waals surface area contributed by atoms with E-state index in [0.717, 1.165) is 32.5 Å². The molecular formula is C21H31ClN4O2. The van der Waals surface area contributed by atoms with Crippen LogP contribution in [0.3, 0.4) is 0 Å². The number of likely N-dealkylation sites (tertiary alicyclic amines) is 2. The summed E-state index contributed by atoms with van der Waals surface area (Å²) in [6.45, 7) is 4.20. The number of piperidine rings is 1. The second-order valence-electron chi connectivity index (χ2n) is 8.37. The summed E-state index contributed by atoms with van der Waals surface area (Å²) in [5, 5.41) is 3.51. The first-order valence-corrected chi connectivity index (χ1v) is 10.1. The zero-order valence-electron chi connectivity index (χ0n) is 16.7. The fourth-order valence-electron chi connectivity index (χ4n) is 5.06. The molecule has 3 aliphatic rings. The van der Waals surface area contributed by atoms with Crippen LogP contribution in [0.15, 0.2) is 30.3 Å². The third-order valence-electron chi connectivity index (χ3n) is 6.49. The highest BCUT2D eigenvalue weighted by Crippen LogP contribution is 2.43. The molecular weight excluding hydrogens is 376 g/mol. The van der Waals surface area contributed by atoms with Gasteiger partial charge in [-0.05, 0) is 24.3 Å². The van der Waals surface area contributed by atoms with Crippen LogP contribution in [-0.4, -0.2) is 73.5 Å². The van der Waals surface area contributed by atoms with Crippen molar-refractivity contribution in [3.63, 3.8) is 0 Å². The Bertz CT molecular complexity index is 691. The number of nitrogens with one attached hydrogen (secondary N) is 1. The molecule has 0 unspecified atom stereocenters. The van der Waals surface area contributed by atoms with Gasteiger partial charge < -0.3 is 20.0 Å². The molecule has 0 saturated carbocycles. The van der Waals surface area contributed by atoms with Crippen LogP contribution in [0.4, 0.5) is 4.79 Å². The molecule has 0 aromatic heterocycles. The van der Waals surface area contributed by atoms with Gasteiger partial charge in [-0.25, -0.2) is 4.79 Å². The van der Waals surface area contributed by atoms with Crippen LogP contribution in [-0.2, 0) is 4.79 Å². The van der Waals surface area contributed by atoms with Crippen molar-refractivity contribution in [1.82, 2.24) is 20.0 Å². The number of halogens is 1. The lowest BCUT2D eigenvalue weighted by atomic mass is 9.89. The maximum atomic E-state index is 13.4. The van der Waals surface area contributed by atoms with Gasteiger partial charge in [0.1, 0.15) is 0 Å². The van der Waals surface area contributed by atoms with Gasteiger partial charge in [-0.15, -0.1) is 12.4 Å². The van der Waals surface area contributed by atoms with E-state index in [9.17, 15) is 9.59 Å². The van der Waals surface area contributed by atoms with Crippen LogP contribution in [0.2, 0.25) is 0 Å². The van der Waals surface area contributed by atoms with Crippen LogP contribution in [0.25, 0.3) is 0 Å². The van der Waals surface area contributed by atoms with Gasteiger partial charge in [-0.1, -0.05) is 30.3 Å². The molecule has 0 spiro atoms. The molecule has 4 rings (SSSR count). The van der Waals surface area contributed by atoms with E-state index in [1.807, 2.05) is 11.0 Å². The number of benzene rings is 1. The third-order valence-corrected chi connectivity index (χ3v) is 6.49. The molecule has 0 bridgehead atoms. The molecule has 3 heterocycles. The van der Waals surface area contributed by atoms with Crippen molar-refractivity contribution in [1.29, 1.82) is 0 Å². The normalized spacial score (nSPS) is 27.3. The molecule has 154 valence electrons. The molecule has 1 aromatic carbocycles. The number of hydrogen-bond donors (Lipinski definition) is 1. The van der Waals surface area contributed by atoms with E-state index in [1.54, 1.807) is 19.0 Å². The first-order valence-electron chi connectivity index (χ1n) is 10.1. The third kappa shape index (κ3) is 3.85. The highest BCUT2D eigenvalue weighted by Gasteiger charge is 2.48. The van der Waals surface area contributed by atoms with Gasteiger partial charge in [-0.2, -0.15) is 0 Å². The summed E-state index contributed by atoms with van der Waals surface area (Å²) >= 11 is 0. The molecule has 0 aliphatic carbocycles. The largest absolute Gasteiger partial charge is 0.335 e. The van der Waals surface area contributed by atoms with Gasteiger partial charge in [0.15, 0.2) is 0 Å². The summed E-state index contributed by atoms with van der Waals surface area (Å²) < 4.78 is 0. The van der Waals surface area contributed by atoms with Crippen LogP contribution in [0.1, 0.15) is 24.4 Å². The minimum absolute atomic E-state index is 0. The summed E-state index contributed by atoms with van der Waals surface area (Å²) in [7, 11) is 3.56. The predicted molar refractivity (Wildman–Crippen MR) is 111 cm³/mol. The standard InChI is InChI=1S/C21H30N4O2.ClH/c1-23(2)21(27)24-10-8-16(9-11-24)20(26)25-14-17-12-22-13-18(17)19(25)15-6-4-3-5-7-15;/h3-7,16-19,22H,8-14H2,1-2H3;1H/t17-,18-,19-;/m0./s1. The molecule has 3 amide bonds. The molecule has 7 heteroatoms. The molecule has 0 radical (unpaired) electrons. The van der Waals surface area contributed by atoms with Crippen molar-refractivity contribution < 1.29 is 9.59 Å². The second kappa shape index (κ2) is 8.70. The summed E-state index contributed by atoms with van der Waals surface area (Å²) in [5.74, 6) is 1.38. The lowest BCUT2D eigenvalue weighted by Crippen LogP contribution is -2.47. The van der Waals surface area contributed by atoms with E-state index in [2.05, 4.69) is 34.5 Å². The summed E-state index contributed by atoms with van der Waals surface area (Å²) in [5.41, 5.74) is 1.25. The van der Waals surface area contributed by atoms with Gasteiger partial charge in [0.05, 0.1) is 6.04 Å². The Morgan fingerprint density at radius 3 is 2.39 bits per heavy atom. The van der Waals surface area contributed by atoms with E-state index >= 15 is 0 Å². The van der Waals surface area contributed by atoms with Gasteiger partial charge in [0.2, 0.25) is 5.91 Å². The van der Waals surface area contributed by atoms with E-state index in [4.69, 9.17) is 0 Å². The fourth-order valence-corrected chi connectivity index (χ4v) is 5.06. The van der Waals surface area contributed by atoms with Crippen LogP contribution < -0.4 is 5.32 Å². The summed E-state index contributed by atoms with van der Waals surface area (Å²) in [4.78, 5) is 31.2. The Balaban J connectivity index is 0.00000225. The lowest BCUT2D eigenvalue weighted by Gasteiger charge is -2.36. The van der Waals surface area contributed by atoms with Crippen LogP contribution in [0.5, 0.6) is 0 Å². The number of nitrogens with zero attached hydrogens (tertiary/aromatic N) is 3. The Morgan fingerprint density at radius 2 is 1.75 bits per heavy atom. The van der Waals surface area contributed by atoms with Crippen molar-refractivity contribution in [3.05, 3.63) is 35.9 Å². The average molecular weight is 407 g/mol. The number of carbonyl (C=O) groups is 2. The number of hydrogen-bond acceptors (Lipinski definition) is 3. The second-order valence-corrected chi connectivity index (χ2v) is 8.37. The highest BCUT2D eigenvalue weighted by molar-refractivity contribution is 5.85. The van der Waals surface area contributed by atoms with Gasteiger partial charge in [0, 0.05) is 58.7 Å². The van der Waals surface area contributed by atoms with Crippen molar-refractivity contribution in [3.8, 4) is 0 Å². The average Bonchev–Trinajstić information content (AvgIpc) is 3.28. The Labute approximate surface area is 173 Å². The molecule has 6 nitrogen and oxygen atoms in total. The zero-order chi connectivity index (χ0) is 19.0. The number of carbonyl (C=O) groups excluding carboxylic acids is 2. The van der Waals surface area contributed by atoms with E-state index in [0.29, 0.717) is 24.9 Å². The first kappa shape index (κ1) is 20.9. The molecule has 3 aliphatic heterocycles. The summed E-state index contributed by atoms with van der Waals surface area (Å²) in [6.07, 6.45) is 1.54. The highest BCUT2D eigenvalue weighted by atomic mass is 35.5. The maximum Gasteiger partial charge on any atom is 0.319 e. The van der Waals surface area contributed by atoms with Crippen LogP contribution >= 0.6 is 12.4 Å². The van der Waals surface area contributed by atoms with Gasteiger partial charge in [-0.3, -0.25) is 4.79 Å². The Hall–Kier alpha value is -1.79. The number of fused-ring (bicyclic) bond motifs is 1. The molecule has 1 aromatic rings. The molecule has 3 saturated heterocycles. The minimum atomic E-state index is 0. The van der Waals surface area contributed by atoms with Crippen molar-refractivity contribution in [2.45, 2.75) is 18.9 Å². The van der Waals surface area contributed by atoms with Crippen molar-refractivity contribution >= 4 is 24.3 Å². The summed E-state index contributed by atoms with van der Waals surface area (Å²) in [6, 6.07) is 10.7. The number of rotatable bonds is 2. The van der Waals surface area contributed by atoms with Gasteiger partial charge in [0.25, 0.3) is 0 Å². The fraction of sp³-hybridized carbons (Fsp3) is 0.619. The SMILES string of the molecule is CN(C)C(=O)N1CCC(C(=O)N2C[C@@H]3CNC[C@@H]3[C@@H]2c2ccccc2)CC1.Cl. The van der Waals surface area contributed by atoms with Crippen LogP contribution in [0, 0.1) is 17.8 Å². The zero-order valence-corrected chi connectivity index (χ0v) is 17.5. The number of amides is 3. The Kier molecular flexibility index (Phi) is 6.50. The predicted octanol–water partition coefficient (Wildman–Crippen LogP) is 2.22. The monoisotopic (exact) mass is 406 g/mol. The maximum absolute atomic E-state index is 13.4. The van der Waals surface area contributed by atoms with E-state index in [-0.39, 0.29) is 36.3 Å². The molecule has 3 fully saturated rings. The van der Waals surface area contributed by atoms with Crippen molar-refractivity contribution in [2.75, 3.05) is 46.8 Å². The molecule has 3 atom stereocenters. The quantitative estimate of drug-likeness (QED) is 0.819. The van der Waals surface area contributed by atoms with E-state index < -0.39 is 0 Å². The van der Waals surface area contributed by atoms with E-state index in [1.165, 1.54) is 5.56 Å². The first-order chi connectivity index (χ1) is 13.1. The lowest BCUT2D eigenvalue weighted by molar-refractivity contribution is -0.138. The Morgan fingerprint density at radius 1 is 1.07 bits per heavy atom.